The largest absolute Gasteiger partial charge is 0.368 e. The zero-order chi connectivity index (χ0) is 18.9. The molecule has 26 heavy (non-hydrogen) atoms. The Balaban J connectivity index is 1.85. The summed E-state index contributed by atoms with van der Waals surface area (Å²) in [6.45, 7) is 1.81. The van der Waals surface area contributed by atoms with Crippen molar-refractivity contribution < 1.29 is 13.2 Å². The maximum atomic E-state index is 12.6. The smallest absolute Gasteiger partial charge is 0.281 e. The lowest BCUT2D eigenvalue weighted by molar-refractivity contribution is 0.0947. The maximum absolute atomic E-state index is 12.6. The fourth-order valence-corrected chi connectivity index (χ4v) is 2.83. The van der Waals surface area contributed by atoms with Crippen LogP contribution in [-0.2, 0) is 10.0 Å². The van der Waals surface area contributed by atoms with Crippen molar-refractivity contribution in [1.29, 1.82) is 0 Å². The van der Waals surface area contributed by atoms with Crippen molar-refractivity contribution in [2.24, 2.45) is 5.14 Å². The number of carbonyl (C=O) groups is 1. The number of anilines is 3. The molecule has 0 saturated heterocycles. The molecule has 0 spiro atoms. The fraction of sp³-hybridized carbons (Fsp3) is 0.0625. The molecule has 0 aliphatic rings. The van der Waals surface area contributed by atoms with Gasteiger partial charge in [-0.15, -0.1) is 5.10 Å². The van der Waals surface area contributed by atoms with Crippen LogP contribution in [0.1, 0.15) is 15.9 Å². The molecule has 2 aromatic carbocycles. The van der Waals surface area contributed by atoms with E-state index in [4.69, 9.17) is 10.9 Å². The van der Waals surface area contributed by atoms with Crippen LogP contribution in [0.3, 0.4) is 0 Å². The van der Waals surface area contributed by atoms with Crippen LogP contribution in [0.25, 0.3) is 0 Å². The van der Waals surface area contributed by atoms with E-state index in [1.165, 1.54) is 24.3 Å². The molecular formula is C16H16N6O3S. The lowest BCUT2D eigenvalue weighted by Gasteiger charge is -2.04. The van der Waals surface area contributed by atoms with Gasteiger partial charge in [0.25, 0.3) is 5.91 Å². The second kappa shape index (κ2) is 6.58. The van der Waals surface area contributed by atoms with Crippen LogP contribution in [0.4, 0.5) is 17.6 Å². The molecule has 3 rings (SSSR count). The summed E-state index contributed by atoms with van der Waals surface area (Å²) in [5.74, 6) is -0.361. The Morgan fingerprint density at radius 2 is 1.77 bits per heavy atom. The van der Waals surface area contributed by atoms with Gasteiger partial charge in [-0.25, -0.2) is 13.6 Å². The standard InChI is InChI=1S/C16H16N6O3S/c1-10-4-2-3-5-13(10)14(23)22-15(17)20-16(21-22)19-11-6-8-12(9-7-11)26(18,24)25/h2-9H,1H3,(H2,18,24,25)(H3,17,19,20,21). The molecule has 10 heteroatoms. The van der Waals surface area contributed by atoms with Crippen LogP contribution in [0, 0.1) is 6.92 Å². The summed E-state index contributed by atoms with van der Waals surface area (Å²) in [5.41, 5.74) is 7.57. The van der Waals surface area contributed by atoms with Crippen molar-refractivity contribution in [3.8, 4) is 0 Å². The van der Waals surface area contributed by atoms with Crippen molar-refractivity contribution in [1.82, 2.24) is 14.8 Å². The number of rotatable bonds is 4. The first kappa shape index (κ1) is 17.6. The van der Waals surface area contributed by atoms with Crippen molar-refractivity contribution >= 4 is 33.5 Å². The van der Waals surface area contributed by atoms with Crippen LogP contribution in [0.2, 0.25) is 0 Å². The van der Waals surface area contributed by atoms with Gasteiger partial charge in [-0.3, -0.25) is 4.79 Å². The van der Waals surface area contributed by atoms with Crippen LogP contribution < -0.4 is 16.2 Å². The van der Waals surface area contributed by atoms with E-state index in [2.05, 4.69) is 15.4 Å². The van der Waals surface area contributed by atoms with Crippen molar-refractivity contribution in [2.45, 2.75) is 11.8 Å². The predicted molar refractivity (Wildman–Crippen MR) is 96.4 cm³/mol. The van der Waals surface area contributed by atoms with Crippen molar-refractivity contribution in [3.05, 3.63) is 59.7 Å². The number of nitrogens with two attached hydrogens (primary N) is 2. The highest BCUT2D eigenvalue weighted by atomic mass is 32.2. The van der Waals surface area contributed by atoms with Gasteiger partial charge < -0.3 is 11.1 Å². The molecule has 3 aromatic rings. The number of benzene rings is 2. The number of nitrogen functional groups attached to an aromatic ring is 1. The van der Waals surface area contributed by atoms with E-state index < -0.39 is 15.9 Å². The van der Waals surface area contributed by atoms with E-state index in [-0.39, 0.29) is 16.8 Å². The molecule has 0 unspecified atom stereocenters. The van der Waals surface area contributed by atoms with Crippen LogP contribution in [0.15, 0.2) is 53.4 Å². The highest BCUT2D eigenvalue weighted by Gasteiger charge is 2.17. The molecule has 9 nitrogen and oxygen atoms in total. The Kier molecular flexibility index (Phi) is 4.45. The third kappa shape index (κ3) is 3.55. The second-order valence-electron chi connectivity index (χ2n) is 5.52. The van der Waals surface area contributed by atoms with Crippen LogP contribution in [0.5, 0.6) is 0 Å². The molecule has 134 valence electrons. The molecule has 0 amide bonds. The molecule has 1 heterocycles. The number of sulfonamides is 1. The summed E-state index contributed by atoms with van der Waals surface area (Å²) in [6.07, 6.45) is 0. The maximum Gasteiger partial charge on any atom is 0.281 e. The molecule has 0 bridgehead atoms. The molecule has 0 saturated carbocycles. The number of aromatic nitrogens is 3. The topological polar surface area (TPSA) is 146 Å². The minimum atomic E-state index is -3.77. The molecule has 0 fully saturated rings. The molecule has 5 N–H and O–H groups in total. The average Bonchev–Trinajstić information content (AvgIpc) is 2.94. The number of carbonyl (C=O) groups excluding carboxylic acids is 1. The first-order chi connectivity index (χ1) is 12.3. The van der Waals surface area contributed by atoms with E-state index in [9.17, 15) is 13.2 Å². The Labute approximate surface area is 149 Å². The molecule has 0 aliphatic heterocycles. The van der Waals surface area contributed by atoms with E-state index >= 15 is 0 Å². The third-order valence-corrected chi connectivity index (χ3v) is 4.57. The summed E-state index contributed by atoms with van der Waals surface area (Å²) >= 11 is 0. The lowest BCUT2D eigenvalue weighted by Crippen LogP contribution is -2.17. The Morgan fingerprint density at radius 3 is 2.38 bits per heavy atom. The molecule has 1 aromatic heterocycles. The number of nitrogens with zero attached hydrogens (tertiary/aromatic N) is 3. The quantitative estimate of drug-likeness (QED) is 0.624. The average molecular weight is 372 g/mol. The van der Waals surface area contributed by atoms with E-state index in [0.717, 1.165) is 10.2 Å². The zero-order valence-corrected chi connectivity index (χ0v) is 14.6. The third-order valence-electron chi connectivity index (χ3n) is 3.64. The summed E-state index contributed by atoms with van der Waals surface area (Å²) in [6, 6.07) is 12.8. The van der Waals surface area contributed by atoms with Gasteiger partial charge in [0.05, 0.1) is 4.90 Å². The monoisotopic (exact) mass is 372 g/mol. The lowest BCUT2D eigenvalue weighted by atomic mass is 10.1. The molecule has 0 aliphatic carbocycles. The Hall–Kier alpha value is -3.24. The zero-order valence-electron chi connectivity index (χ0n) is 13.7. The summed E-state index contributed by atoms with van der Waals surface area (Å²) in [5, 5.41) is 12.0. The first-order valence-corrected chi connectivity index (χ1v) is 9.03. The van der Waals surface area contributed by atoms with Crippen LogP contribution >= 0.6 is 0 Å². The molecule has 0 atom stereocenters. The fourth-order valence-electron chi connectivity index (χ4n) is 2.31. The molecule has 0 radical (unpaired) electrons. The van der Waals surface area contributed by atoms with Gasteiger partial charge in [-0.2, -0.15) is 9.67 Å². The van der Waals surface area contributed by atoms with Gasteiger partial charge in [-0.05, 0) is 42.8 Å². The Bertz CT molecular complexity index is 1070. The van der Waals surface area contributed by atoms with Gasteiger partial charge in [0.1, 0.15) is 0 Å². The SMILES string of the molecule is Cc1ccccc1C(=O)n1nc(Nc2ccc(S(N)(=O)=O)cc2)nc1N. The molecular weight excluding hydrogens is 356 g/mol. The summed E-state index contributed by atoms with van der Waals surface area (Å²) < 4.78 is 23.5. The minimum Gasteiger partial charge on any atom is -0.368 e. The van der Waals surface area contributed by atoms with Gasteiger partial charge in [0, 0.05) is 11.3 Å². The van der Waals surface area contributed by atoms with Gasteiger partial charge in [0.2, 0.25) is 21.9 Å². The minimum absolute atomic E-state index is 0.0178. The second-order valence-corrected chi connectivity index (χ2v) is 7.08. The summed E-state index contributed by atoms with van der Waals surface area (Å²) in [4.78, 5) is 16.6. The predicted octanol–water partition coefficient (Wildman–Crippen LogP) is 1.25. The van der Waals surface area contributed by atoms with Crippen LogP contribution in [-0.4, -0.2) is 29.1 Å². The number of nitrogens with one attached hydrogen (secondary N) is 1. The normalized spacial score (nSPS) is 11.3. The van der Waals surface area contributed by atoms with E-state index in [0.29, 0.717) is 11.3 Å². The Morgan fingerprint density at radius 1 is 1.12 bits per heavy atom. The number of hydrogen-bond donors (Lipinski definition) is 3. The van der Waals surface area contributed by atoms with Crippen molar-refractivity contribution in [3.63, 3.8) is 0 Å². The van der Waals surface area contributed by atoms with Gasteiger partial charge >= 0.3 is 0 Å². The summed E-state index contributed by atoms with van der Waals surface area (Å²) in [7, 11) is -3.77. The first-order valence-electron chi connectivity index (χ1n) is 7.48. The highest BCUT2D eigenvalue weighted by Crippen LogP contribution is 2.18. The van der Waals surface area contributed by atoms with Gasteiger partial charge in [-0.1, -0.05) is 18.2 Å². The number of aryl methyl sites for hydroxylation is 1. The van der Waals surface area contributed by atoms with E-state index in [1.54, 1.807) is 12.1 Å². The van der Waals surface area contributed by atoms with Gasteiger partial charge in [0.15, 0.2) is 0 Å². The number of primary sulfonamides is 1. The van der Waals surface area contributed by atoms with Crippen molar-refractivity contribution in [2.75, 3.05) is 11.1 Å². The number of hydrogen-bond acceptors (Lipinski definition) is 7. The highest BCUT2D eigenvalue weighted by molar-refractivity contribution is 7.89. The van der Waals surface area contributed by atoms with E-state index in [1.807, 2.05) is 19.1 Å².